The highest BCUT2D eigenvalue weighted by Gasteiger charge is 2.25. The third-order valence-electron chi connectivity index (χ3n) is 3.97. The van der Waals surface area contributed by atoms with Gasteiger partial charge in [0.25, 0.3) is 5.91 Å². The second-order valence-corrected chi connectivity index (χ2v) is 5.39. The van der Waals surface area contributed by atoms with E-state index < -0.39 is 5.91 Å². The smallest absolute Gasteiger partial charge is 0.274 e. The quantitative estimate of drug-likeness (QED) is 0.595. The van der Waals surface area contributed by atoms with Gasteiger partial charge in [-0.1, -0.05) is 0 Å². The van der Waals surface area contributed by atoms with E-state index >= 15 is 0 Å². The first-order valence-corrected chi connectivity index (χ1v) is 7.51. The molecule has 1 fully saturated rings. The van der Waals surface area contributed by atoms with E-state index in [-0.39, 0.29) is 12.5 Å². The first kappa shape index (κ1) is 15.6. The number of morpholine rings is 1. The molecular formula is C15H19N3O5. The van der Waals surface area contributed by atoms with Crippen LogP contribution in [0.15, 0.2) is 18.2 Å². The lowest BCUT2D eigenvalue weighted by molar-refractivity contribution is -0.133. The average molecular weight is 321 g/mol. The summed E-state index contributed by atoms with van der Waals surface area (Å²) in [5.74, 6) is 0.0523. The number of hydrogen-bond donors (Lipinski definition) is 2. The summed E-state index contributed by atoms with van der Waals surface area (Å²) in [5.41, 5.74) is 2.59. The van der Waals surface area contributed by atoms with Crippen molar-refractivity contribution < 1.29 is 24.3 Å². The Labute approximate surface area is 133 Å². The second-order valence-electron chi connectivity index (χ2n) is 5.39. The van der Waals surface area contributed by atoms with Crippen LogP contribution in [-0.2, 0) is 9.53 Å². The van der Waals surface area contributed by atoms with Gasteiger partial charge >= 0.3 is 0 Å². The number of hydroxylamine groups is 1. The normalized spacial score (nSPS) is 17.3. The number of fused-ring (bicyclic) bond motifs is 1. The molecule has 23 heavy (non-hydrogen) atoms. The molecule has 2 aliphatic rings. The molecule has 8 heteroatoms. The molecule has 2 heterocycles. The Morgan fingerprint density at radius 2 is 1.96 bits per heavy atom. The van der Waals surface area contributed by atoms with Crippen molar-refractivity contribution in [1.82, 2.24) is 10.4 Å². The number of benzene rings is 1. The fourth-order valence-electron chi connectivity index (χ4n) is 2.72. The molecule has 0 spiro atoms. The monoisotopic (exact) mass is 321 g/mol. The Kier molecular flexibility index (Phi) is 4.63. The van der Waals surface area contributed by atoms with Gasteiger partial charge < -0.3 is 19.3 Å². The van der Waals surface area contributed by atoms with Gasteiger partial charge in [-0.05, 0) is 18.2 Å². The summed E-state index contributed by atoms with van der Waals surface area (Å²) in [6.45, 7) is 3.59. The van der Waals surface area contributed by atoms with Crippen LogP contribution < -0.4 is 15.1 Å². The van der Waals surface area contributed by atoms with Gasteiger partial charge in [0.1, 0.15) is 12.4 Å². The zero-order valence-electron chi connectivity index (χ0n) is 12.7. The minimum Gasteiger partial charge on any atom is -0.490 e. The molecule has 0 radical (unpaired) electrons. The number of nitrogens with zero attached hydrogens (tertiary/aromatic N) is 2. The zero-order valence-corrected chi connectivity index (χ0v) is 12.7. The molecule has 0 unspecified atom stereocenters. The molecule has 3 rings (SSSR count). The molecule has 124 valence electrons. The van der Waals surface area contributed by atoms with Crippen molar-refractivity contribution >= 4 is 17.5 Å². The zero-order chi connectivity index (χ0) is 16.2. The predicted molar refractivity (Wildman–Crippen MR) is 80.8 cm³/mol. The summed E-state index contributed by atoms with van der Waals surface area (Å²) in [7, 11) is 0. The molecule has 0 aromatic heterocycles. The molecule has 2 N–H and O–H groups in total. The predicted octanol–water partition coefficient (Wildman–Crippen LogP) is -0.137. The van der Waals surface area contributed by atoms with Gasteiger partial charge in [0.2, 0.25) is 5.91 Å². The van der Waals surface area contributed by atoms with Crippen molar-refractivity contribution in [2.45, 2.75) is 0 Å². The van der Waals surface area contributed by atoms with Crippen molar-refractivity contribution in [3.05, 3.63) is 23.8 Å². The third-order valence-corrected chi connectivity index (χ3v) is 3.97. The van der Waals surface area contributed by atoms with E-state index in [0.717, 1.165) is 0 Å². The van der Waals surface area contributed by atoms with Crippen LogP contribution in [0.3, 0.4) is 0 Å². The number of amides is 2. The van der Waals surface area contributed by atoms with Crippen LogP contribution in [0, 0.1) is 0 Å². The van der Waals surface area contributed by atoms with Gasteiger partial charge in [-0.15, -0.1) is 0 Å². The minimum atomic E-state index is -0.599. The van der Waals surface area contributed by atoms with Crippen molar-refractivity contribution in [3.63, 3.8) is 0 Å². The molecule has 1 aromatic rings. The van der Waals surface area contributed by atoms with Crippen LogP contribution >= 0.6 is 0 Å². The molecule has 0 aliphatic carbocycles. The van der Waals surface area contributed by atoms with Crippen LogP contribution in [0.1, 0.15) is 10.4 Å². The van der Waals surface area contributed by atoms with Crippen LogP contribution in [-0.4, -0.2) is 67.9 Å². The van der Waals surface area contributed by atoms with E-state index in [1.807, 2.05) is 4.90 Å². The Morgan fingerprint density at radius 1 is 1.17 bits per heavy atom. The number of carbonyl (C=O) groups excluding carboxylic acids is 2. The molecule has 1 aromatic carbocycles. The maximum Gasteiger partial charge on any atom is 0.274 e. The Morgan fingerprint density at radius 3 is 2.70 bits per heavy atom. The Hall–Kier alpha value is -2.32. The molecule has 2 aliphatic heterocycles. The number of ether oxygens (including phenoxy) is 2. The van der Waals surface area contributed by atoms with Crippen molar-refractivity contribution in [3.8, 4) is 5.75 Å². The minimum absolute atomic E-state index is 0.0261. The number of rotatable bonds is 3. The largest absolute Gasteiger partial charge is 0.490 e. The van der Waals surface area contributed by atoms with E-state index in [9.17, 15) is 9.59 Å². The van der Waals surface area contributed by atoms with Crippen LogP contribution in [0.5, 0.6) is 5.75 Å². The summed E-state index contributed by atoms with van der Waals surface area (Å²) in [4.78, 5) is 27.7. The van der Waals surface area contributed by atoms with Gasteiger partial charge in [0, 0.05) is 18.7 Å². The maximum absolute atomic E-state index is 12.4. The van der Waals surface area contributed by atoms with Gasteiger partial charge in [0.05, 0.1) is 32.0 Å². The highest BCUT2D eigenvalue weighted by molar-refractivity contribution is 5.95. The first-order chi connectivity index (χ1) is 11.2. The summed E-state index contributed by atoms with van der Waals surface area (Å²) in [6, 6.07) is 4.86. The lowest BCUT2D eigenvalue weighted by Gasteiger charge is -2.34. The van der Waals surface area contributed by atoms with E-state index in [4.69, 9.17) is 14.7 Å². The average Bonchev–Trinajstić information content (AvgIpc) is 2.61. The topological polar surface area (TPSA) is 91.3 Å². The summed E-state index contributed by atoms with van der Waals surface area (Å²) in [6.07, 6.45) is 0. The highest BCUT2D eigenvalue weighted by Crippen LogP contribution is 2.32. The van der Waals surface area contributed by atoms with Gasteiger partial charge in [-0.2, -0.15) is 0 Å². The maximum atomic E-state index is 12.4. The Balaban J connectivity index is 1.77. The number of nitrogens with one attached hydrogen (secondary N) is 1. The van der Waals surface area contributed by atoms with Gasteiger partial charge in [-0.3, -0.25) is 14.8 Å². The summed E-state index contributed by atoms with van der Waals surface area (Å²) >= 11 is 0. The third kappa shape index (κ3) is 3.38. The highest BCUT2D eigenvalue weighted by atomic mass is 16.5. The summed E-state index contributed by atoms with van der Waals surface area (Å²) in [5, 5.41) is 8.76. The molecule has 0 saturated carbocycles. The van der Waals surface area contributed by atoms with E-state index in [0.29, 0.717) is 56.5 Å². The molecule has 1 saturated heterocycles. The van der Waals surface area contributed by atoms with Crippen LogP contribution in [0.4, 0.5) is 5.69 Å². The fraction of sp³-hybridized carbons (Fsp3) is 0.467. The first-order valence-electron chi connectivity index (χ1n) is 7.51. The molecule has 0 bridgehead atoms. The van der Waals surface area contributed by atoms with Crippen molar-refractivity contribution in [1.29, 1.82) is 0 Å². The lowest BCUT2D eigenvalue weighted by Crippen LogP contribution is -2.47. The molecular weight excluding hydrogens is 302 g/mol. The number of anilines is 1. The molecule has 2 amide bonds. The van der Waals surface area contributed by atoms with Crippen molar-refractivity contribution in [2.24, 2.45) is 0 Å². The van der Waals surface area contributed by atoms with Gasteiger partial charge in [0.15, 0.2) is 0 Å². The molecule has 0 atom stereocenters. The van der Waals surface area contributed by atoms with E-state index in [1.54, 1.807) is 28.6 Å². The number of hydrogen-bond acceptors (Lipinski definition) is 6. The fourth-order valence-corrected chi connectivity index (χ4v) is 2.72. The SMILES string of the molecule is O=C(NO)c1ccc2c(c1)N(CC(=O)N1CCOCC1)CCO2. The molecule has 8 nitrogen and oxygen atoms in total. The van der Waals surface area contributed by atoms with Crippen molar-refractivity contribution in [2.75, 3.05) is 50.9 Å². The van der Waals surface area contributed by atoms with E-state index in [1.165, 1.54) is 0 Å². The standard InChI is InChI=1S/C15H19N3O5/c19-14(17-3-6-22-7-4-17)10-18-5-8-23-13-2-1-11(9-12(13)18)15(20)16-21/h1-2,9,21H,3-8,10H2,(H,16,20). The van der Waals surface area contributed by atoms with E-state index in [2.05, 4.69) is 0 Å². The lowest BCUT2D eigenvalue weighted by atomic mass is 10.1. The Bertz CT molecular complexity index is 601. The second kappa shape index (κ2) is 6.84. The summed E-state index contributed by atoms with van der Waals surface area (Å²) < 4.78 is 10.8. The van der Waals surface area contributed by atoms with Crippen LogP contribution in [0.2, 0.25) is 0 Å². The number of carbonyl (C=O) groups is 2. The van der Waals surface area contributed by atoms with Gasteiger partial charge in [-0.25, -0.2) is 5.48 Å². The van der Waals surface area contributed by atoms with Crippen LogP contribution in [0.25, 0.3) is 0 Å².